The minimum atomic E-state index is -3.48. The Morgan fingerprint density at radius 2 is 2.36 bits per heavy atom. The van der Waals surface area contributed by atoms with Crippen molar-refractivity contribution in [3.05, 3.63) is 18.5 Å². The Bertz CT molecular complexity index is 354. The van der Waals surface area contributed by atoms with E-state index in [4.69, 9.17) is 5.11 Å². The summed E-state index contributed by atoms with van der Waals surface area (Å²) in [6.07, 6.45) is 3.49. The highest BCUT2D eigenvalue weighted by atomic mass is 32.2. The van der Waals surface area contributed by atoms with E-state index in [1.165, 1.54) is 18.5 Å². The minimum absolute atomic E-state index is 0.185. The zero-order chi connectivity index (χ0) is 10.6. The second-order valence-electron chi connectivity index (χ2n) is 2.96. The lowest BCUT2D eigenvalue weighted by Crippen LogP contribution is -2.36. The van der Waals surface area contributed by atoms with E-state index in [9.17, 15) is 8.42 Å². The second kappa shape index (κ2) is 4.59. The van der Waals surface area contributed by atoms with Crippen molar-refractivity contribution < 1.29 is 13.5 Å². The van der Waals surface area contributed by atoms with Crippen LogP contribution in [0, 0.1) is 0 Å². The Hall–Kier alpha value is -0.850. The summed E-state index contributed by atoms with van der Waals surface area (Å²) in [6.45, 7) is 1.61. The Morgan fingerprint density at radius 1 is 1.64 bits per heavy atom. The molecular formula is C8H14N2O3S. The van der Waals surface area contributed by atoms with E-state index < -0.39 is 16.1 Å². The van der Waals surface area contributed by atoms with Crippen molar-refractivity contribution in [1.82, 2.24) is 9.71 Å². The number of hydrogen-bond acceptors (Lipinski definition) is 3. The highest BCUT2D eigenvalue weighted by Crippen LogP contribution is 2.07. The fourth-order valence-corrected chi connectivity index (χ4v) is 2.30. The highest BCUT2D eigenvalue weighted by molar-refractivity contribution is 7.89. The molecule has 0 saturated carbocycles. The molecule has 6 heteroatoms. The van der Waals surface area contributed by atoms with Crippen LogP contribution in [0.15, 0.2) is 23.4 Å². The molecule has 1 atom stereocenters. The lowest BCUT2D eigenvalue weighted by Gasteiger charge is -2.13. The molecule has 0 saturated heterocycles. The van der Waals surface area contributed by atoms with Crippen molar-refractivity contribution >= 4 is 10.0 Å². The summed E-state index contributed by atoms with van der Waals surface area (Å²) in [5.74, 6) is 0. The van der Waals surface area contributed by atoms with Gasteiger partial charge in [0.25, 0.3) is 0 Å². The van der Waals surface area contributed by atoms with Crippen LogP contribution in [-0.2, 0) is 10.0 Å². The third-order valence-corrected chi connectivity index (χ3v) is 3.43. The van der Waals surface area contributed by atoms with E-state index in [1.807, 2.05) is 0 Å². The predicted octanol–water partition coefficient (Wildman–Crippen LogP) is 0.0639. The summed E-state index contributed by atoms with van der Waals surface area (Å²) in [4.78, 5) is 2.85. The third kappa shape index (κ3) is 2.57. The first-order valence-electron chi connectivity index (χ1n) is 4.36. The SMILES string of the molecule is CC[C@H](CO)NS(=O)(=O)c1cc[nH]c1. The van der Waals surface area contributed by atoms with Gasteiger partial charge >= 0.3 is 0 Å². The van der Waals surface area contributed by atoms with Crippen molar-refractivity contribution in [2.45, 2.75) is 24.3 Å². The van der Waals surface area contributed by atoms with Crippen LogP contribution >= 0.6 is 0 Å². The molecule has 0 radical (unpaired) electrons. The van der Waals surface area contributed by atoms with E-state index in [0.29, 0.717) is 6.42 Å². The fourth-order valence-electron chi connectivity index (χ4n) is 1.01. The van der Waals surface area contributed by atoms with E-state index in [0.717, 1.165) is 0 Å². The maximum Gasteiger partial charge on any atom is 0.242 e. The highest BCUT2D eigenvalue weighted by Gasteiger charge is 2.18. The average molecular weight is 218 g/mol. The minimum Gasteiger partial charge on any atom is -0.395 e. The van der Waals surface area contributed by atoms with Gasteiger partial charge in [0.2, 0.25) is 10.0 Å². The summed E-state index contributed by atoms with van der Waals surface area (Å²) in [5, 5.41) is 8.85. The van der Waals surface area contributed by atoms with Crippen LogP contribution in [0.4, 0.5) is 0 Å². The first kappa shape index (κ1) is 11.2. The number of rotatable bonds is 5. The van der Waals surface area contributed by atoms with Gasteiger partial charge in [-0.25, -0.2) is 13.1 Å². The van der Waals surface area contributed by atoms with Crippen molar-refractivity contribution in [1.29, 1.82) is 0 Å². The zero-order valence-corrected chi connectivity index (χ0v) is 8.71. The maximum atomic E-state index is 11.6. The number of nitrogens with one attached hydrogen (secondary N) is 2. The molecule has 1 heterocycles. The van der Waals surface area contributed by atoms with Crippen LogP contribution in [0.5, 0.6) is 0 Å². The van der Waals surface area contributed by atoms with Crippen LogP contribution in [0.25, 0.3) is 0 Å². The van der Waals surface area contributed by atoms with Gasteiger partial charge in [-0.15, -0.1) is 0 Å². The molecule has 0 spiro atoms. The van der Waals surface area contributed by atoms with E-state index >= 15 is 0 Å². The predicted molar refractivity (Wildman–Crippen MR) is 52.3 cm³/mol. The molecule has 0 amide bonds. The molecule has 0 unspecified atom stereocenters. The van der Waals surface area contributed by atoms with Gasteiger partial charge < -0.3 is 10.1 Å². The summed E-state index contributed by atoms with van der Waals surface area (Å²) in [7, 11) is -3.48. The van der Waals surface area contributed by atoms with Crippen LogP contribution < -0.4 is 4.72 Å². The van der Waals surface area contributed by atoms with Gasteiger partial charge in [0.15, 0.2) is 0 Å². The van der Waals surface area contributed by atoms with E-state index in [1.54, 1.807) is 6.92 Å². The molecule has 1 rings (SSSR count). The molecule has 0 fully saturated rings. The average Bonchev–Trinajstić information content (AvgIpc) is 2.67. The molecule has 80 valence electrons. The number of aliphatic hydroxyl groups is 1. The molecule has 3 N–H and O–H groups in total. The molecule has 0 aliphatic rings. The summed E-state index contributed by atoms with van der Waals surface area (Å²) in [6, 6.07) is 1.04. The lowest BCUT2D eigenvalue weighted by molar-refractivity contribution is 0.254. The third-order valence-electron chi connectivity index (χ3n) is 1.91. The van der Waals surface area contributed by atoms with Gasteiger partial charge in [-0.3, -0.25) is 0 Å². The van der Waals surface area contributed by atoms with Crippen molar-refractivity contribution in [2.75, 3.05) is 6.61 Å². The molecule has 1 aromatic rings. The Morgan fingerprint density at radius 3 is 2.79 bits per heavy atom. The summed E-state index contributed by atoms with van der Waals surface area (Å²) in [5.41, 5.74) is 0. The quantitative estimate of drug-likeness (QED) is 0.653. The van der Waals surface area contributed by atoms with Crippen LogP contribution in [0.2, 0.25) is 0 Å². The normalized spacial score (nSPS) is 14.1. The second-order valence-corrected chi connectivity index (χ2v) is 4.67. The van der Waals surface area contributed by atoms with Gasteiger partial charge in [-0.1, -0.05) is 6.92 Å². The molecule has 14 heavy (non-hydrogen) atoms. The van der Waals surface area contributed by atoms with Crippen LogP contribution in [0.1, 0.15) is 13.3 Å². The number of H-pyrrole nitrogens is 1. The molecule has 0 aromatic carbocycles. The van der Waals surface area contributed by atoms with Gasteiger partial charge in [0, 0.05) is 18.4 Å². The number of aliphatic hydroxyl groups excluding tert-OH is 1. The molecule has 0 bridgehead atoms. The lowest BCUT2D eigenvalue weighted by atomic mass is 10.3. The number of sulfonamides is 1. The topological polar surface area (TPSA) is 82.2 Å². The molecular weight excluding hydrogens is 204 g/mol. The van der Waals surface area contributed by atoms with Crippen molar-refractivity contribution in [2.24, 2.45) is 0 Å². The number of hydrogen-bond donors (Lipinski definition) is 3. The van der Waals surface area contributed by atoms with Crippen molar-refractivity contribution in [3.63, 3.8) is 0 Å². The van der Waals surface area contributed by atoms with Crippen molar-refractivity contribution in [3.8, 4) is 0 Å². The van der Waals surface area contributed by atoms with Gasteiger partial charge in [-0.2, -0.15) is 0 Å². The Kier molecular flexibility index (Phi) is 3.68. The standard InChI is InChI=1S/C8H14N2O3S/c1-2-7(6-11)10-14(12,13)8-3-4-9-5-8/h3-5,7,9-11H,2,6H2,1H3/t7-/m1/s1. The zero-order valence-electron chi connectivity index (χ0n) is 7.90. The summed E-state index contributed by atoms with van der Waals surface area (Å²) >= 11 is 0. The Balaban J connectivity index is 2.77. The van der Waals surface area contributed by atoms with E-state index in [2.05, 4.69) is 9.71 Å². The van der Waals surface area contributed by atoms with Gasteiger partial charge in [-0.05, 0) is 12.5 Å². The first-order chi connectivity index (χ1) is 6.60. The molecule has 5 nitrogen and oxygen atoms in total. The molecule has 0 aliphatic heterocycles. The number of aromatic nitrogens is 1. The molecule has 0 aliphatic carbocycles. The van der Waals surface area contributed by atoms with E-state index in [-0.39, 0.29) is 11.5 Å². The smallest absolute Gasteiger partial charge is 0.242 e. The van der Waals surface area contributed by atoms with Crippen LogP contribution in [-0.4, -0.2) is 31.2 Å². The fraction of sp³-hybridized carbons (Fsp3) is 0.500. The van der Waals surface area contributed by atoms with Crippen LogP contribution in [0.3, 0.4) is 0 Å². The van der Waals surface area contributed by atoms with Gasteiger partial charge in [0.05, 0.1) is 11.5 Å². The largest absolute Gasteiger partial charge is 0.395 e. The first-order valence-corrected chi connectivity index (χ1v) is 5.84. The summed E-state index contributed by atoms with van der Waals surface area (Å²) < 4.78 is 25.6. The Labute approximate surface area is 83.2 Å². The maximum absolute atomic E-state index is 11.6. The molecule has 1 aromatic heterocycles. The van der Waals surface area contributed by atoms with Gasteiger partial charge in [0.1, 0.15) is 0 Å². The monoisotopic (exact) mass is 218 g/mol. The number of aromatic amines is 1.